The molecule has 1 aromatic carbocycles. The average Bonchev–Trinajstić information content (AvgIpc) is 2.97. The molecule has 0 heterocycles. The molecule has 120 valence electrons. The zero-order valence-electron chi connectivity index (χ0n) is 13.1. The Kier molecular flexibility index (Phi) is 5.06. The Morgan fingerprint density at radius 3 is 2.36 bits per heavy atom. The second-order valence-electron chi connectivity index (χ2n) is 5.99. The van der Waals surface area contributed by atoms with Gasteiger partial charge in [-0.05, 0) is 37.5 Å². The zero-order chi connectivity index (χ0) is 16.2. The minimum atomic E-state index is -0.905. The third kappa shape index (κ3) is 3.40. The number of hydrogen-bond acceptors (Lipinski definition) is 3. The fourth-order valence-corrected chi connectivity index (χ4v) is 3.21. The highest BCUT2D eigenvalue weighted by molar-refractivity contribution is 5.89. The second-order valence-corrected chi connectivity index (χ2v) is 5.99. The maximum Gasteiger partial charge on any atom is 0.305 e. The molecule has 5 heteroatoms. The minimum absolute atomic E-state index is 0.0650. The lowest BCUT2D eigenvalue weighted by atomic mass is 9.77. The van der Waals surface area contributed by atoms with Gasteiger partial charge in [-0.3, -0.25) is 9.59 Å². The van der Waals surface area contributed by atoms with Crippen LogP contribution in [0.1, 0.15) is 44.6 Å². The highest BCUT2D eigenvalue weighted by atomic mass is 16.5. The third-order valence-corrected chi connectivity index (χ3v) is 4.39. The highest BCUT2D eigenvalue weighted by Gasteiger charge is 2.43. The molecule has 1 aliphatic rings. The van der Waals surface area contributed by atoms with Crippen molar-refractivity contribution in [2.75, 3.05) is 7.11 Å². The number of hydrogen-bond donors (Lipinski definition) is 2. The van der Waals surface area contributed by atoms with Crippen molar-refractivity contribution in [2.45, 2.75) is 50.5 Å². The Morgan fingerprint density at radius 1 is 1.27 bits per heavy atom. The van der Waals surface area contributed by atoms with E-state index in [-0.39, 0.29) is 18.4 Å². The van der Waals surface area contributed by atoms with E-state index in [4.69, 9.17) is 9.84 Å². The second kappa shape index (κ2) is 6.81. The summed E-state index contributed by atoms with van der Waals surface area (Å²) in [5.41, 5.74) is 0.435. The topological polar surface area (TPSA) is 75.6 Å². The summed E-state index contributed by atoms with van der Waals surface area (Å²) in [4.78, 5) is 23.5. The van der Waals surface area contributed by atoms with Gasteiger partial charge in [0.1, 0.15) is 5.75 Å². The van der Waals surface area contributed by atoms with Crippen LogP contribution in [0.5, 0.6) is 5.75 Å². The smallest absolute Gasteiger partial charge is 0.305 e. The van der Waals surface area contributed by atoms with Gasteiger partial charge in [-0.15, -0.1) is 0 Å². The van der Waals surface area contributed by atoms with Crippen molar-refractivity contribution in [3.8, 4) is 5.75 Å². The van der Waals surface area contributed by atoms with E-state index in [1.165, 1.54) is 0 Å². The fourth-order valence-electron chi connectivity index (χ4n) is 3.21. The van der Waals surface area contributed by atoms with Gasteiger partial charge in [-0.1, -0.05) is 25.0 Å². The molecule has 1 atom stereocenters. The van der Waals surface area contributed by atoms with E-state index in [2.05, 4.69) is 5.32 Å². The van der Waals surface area contributed by atoms with Crippen LogP contribution in [0.25, 0.3) is 0 Å². The van der Waals surface area contributed by atoms with E-state index in [9.17, 15) is 9.59 Å². The molecule has 1 unspecified atom stereocenters. The van der Waals surface area contributed by atoms with Gasteiger partial charge in [0, 0.05) is 6.04 Å². The molecule has 0 saturated heterocycles. The van der Waals surface area contributed by atoms with Crippen LogP contribution in [0.3, 0.4) is 0 Å². The molecule has 2 rings (SSSR count). The standard InChI is InChI=1S/C17H23NO4/c1-12(11-15(19)20)18-16(21)17(9-3-4-10-17)13-5-7-14(22-2)8-6-13/h5-8,12H,3-4,9-11H2,1-2H3,(H,18,21)(H,19,20). The first-order chi connectivity index (χ1) is 10.5. The SMILES string of the molecule is COc1ccc(C2(C(=O)NC(C)CC(=O)O)CCCC2)cc1. The molecule has 0 aromatic heterocycles. The Balaban J connectivity index is 2.20. The maximum absolute atomic E-state index is 12.8. The highest BCUT2D eigenvalue weighted by Crippen LogP contribution is 2.41. The van der Waals surface area contributed by atoms with E-state index in [1.54, 1.807) is 14.0 Å². The lowest BCUT2D eigenvalue weighted by Gasteiger charge is -2.30. The first-order valence-corrected chi connectivity index (χ1v) is 7.65. The number of rotatable bonds is 6. The normalized spacial score (nSPS) is 17.7. The number of aliphatic carboxylic acids is 1. The van der Waals surface area contributed by atoms with Crippen LogP contribution in [0, 0.1) is 0 Å². The molecule has 1 aromatic rings. The first kappa shape index (κ1) is 16.3. The summed E-state index contributed by atoms with van der Waals surface area (Å²) in [6.45, 7) is 1.72. The molecule has 0 spiro atoms. The van der Waals surface area contributed by atoms with Crippen molar-refractivity contribution in [1.29, 1.82) is 0 Å². The summed E-state index contributed by atoms with van der Waals surface area (Å²) in [7, 11) is 1.61. The van der Waals surface area contributed by atoms with Crippen LogP contribution in [0.2, 0.25) is 0 Å². The van der Waals surface area contributed by atoms with Crippen molar-refractivity contribution in [3.05, 3.63) is 29.8 Å². The summed E-state index contributed by atoms with van der Waals surface area (Å²) in [5, 5.41) is 11.7. The van der Waals surface area contributed by atoms with E-state index >= 15 is 0 Å². The monoisotopic (exact) mass is 305 g/mol. The quantitative estimate of drug-likeness (QED) is 0.846. The lowest BCUT2D eigenvalue weighted by molar-refractivity contribution is -0.137. The Morgan fingerprint density at radius 2 is 1.86 bits per heavy atom. The van der Waals surface area contributed by atoms with E-state index in [0.29, 0.717) is 0 Å². The van der Waals surface area contributed by atoms with Gasteiger partial charge >= 0.3 is 5.97 Å². The van der Waals surface area contributed by atoms with Crippen molar-refractivity contribution in [2.24, 2.45) is 0 Å². The molecule has 1 fully saturated rings. The van der Waals surface area contributed by atoms with Gasteiger partial charge < -0.3 is 15.2 Å². The predicted molar refractivity (Wildman–Crippen MR) is 83.0 cm³/mol. The van der Waals surface area contributed by atoms with Crippen LogP contribution < -0.4 is 10.1 Å². The summed E-state index contributed by atoms with van der Waals surface area (Å²) >= 11 is 0. The number of carbonyl (C=O) groups is 2. The molecule has 2 N–H and O–H groups in total. The van der Waals surface area contributed by atoms with Crippen LogP contribution in [-0.4, -0.2) is 30.1 Å². The van der Waals surface area contributed by atoms with E-state index < -0.39 is 11.4 Å². The molecular weight excluding hydrogens is 282 g/mol. The molecule has 5 nitrogen and oxygen atoms in total. The number of carbonyl (C=O) groups excluding carboxylic acids is 1. The number of carboxylic acids is 1. The molecular formula is C17H23NO4. The number of carboxylic acid groups (broad SMARTS) is 1. The molecule has 1 aliphatic carbocycles. The van der Waals surface area contributed by atoms with Crippen LogP contribution in [0.4, 0.5) is 0 Å². The van der Waals surface area contributed by atoms with Crippen molar-refractivity contribution in [3.63, 3.8) is 0 Å². The van der Waals surface area contributed by atoms with Gasteiger partial charge in [0.2, 0.25) is 5.91 Å². The minimum Gasteiger partial charge on any atom is -0.497 e. The average molecular weight is 305 g/mol. The number of amides is 1. The number of ether oxygens (including phenoxy) is 1. The van der Waals surface area contributed by atoms with Gasteiger partial charge in [0.15, 0.2) is 0 Å². The summed E-state index contributed by atoms with van der Waals surface area (Å²) in [6.07, 6.45) is 3.54. The Labute approximate surface area is 130 Å². The largest absolute Gasteiger partial charge is 0.497 e. The first-order valence-electron chi connectivity index (χ1n) is 7.65. The van der Waals surface area contributed by atoms with Crippen LogP contribution in [-0.2, 0) is 15.0 Å². The number of methoxy groups -OCH3 is 1. The zero-order valence-corrected chi connectivity index (χ0v) is 13.1. The fraction of sp³-hybridized carbons (Fsp3) is 0.529. The molecule has 1 saturated carbocycles. The van der Waals surface area contributed by atoms with Gasteiger partial charge in [0.05, 0.1) is 18.9 Å². The predicted octanol–water partition coefficient (Wildman–Crippen LogP) is 2.49. The van der Waals surface area contributed by atoms with Gasteiger partial charge in [-0.2, -0.15) is 0 Å². The van der Waals surface area contributed by atoms with Crippen LogP contribution in [0.15, 0.2) is 24.3 Å². The summed E-state index contributed by atoms with van der Waals surface area (Å²) in [6, 6.07) is 7.23. The summed E-state index contributed by atoms with van der Waals surface area (Å²) in [5.74, 6) is -0.210. The molecule has 0 radical (unpaired) electrons. The van der Waals surface area contributed by atoms with E-state index in [0.717, 1.165) is 37.0 Å². The molecule has 1 amide bonds. The maximum atomic E-state index is 12.8. The molecule has 0 aliphatic heterocycles. The van der Waals surface area contributed by atoms with Crippen molar-refractivity contribution in [1.82, 2.24) is 5.32 Å². The van der Waals surface area contributed by atoms with Crippen molar-refractivity contribution >= 4 is 11.9 Å². The summed E-state index contributed by atoms with van der Waals surface area (Å²) < 4.78 is 5.17. The number of nitrogens with one attached hydrogen (secondary N) is 1. The Hall–Kier alpha value is -2.04. The van der Waals surface area contributed by atoms with E-state index in [1.807, 2.05) is 24.3 Å². The lowest BCUT2D eigenvalue weighted by Crippen LogP contribution is -2.46. The van der Waals surface area contributed by atoms with Gasteiger partial charge in [0.25, 0.3) is 0 Å². The van der Waals surface area contributed by atoms with Gasteiger partial charge in [-0.25, -0.2) is 0 Å². The molecule has 22 heavy (non-hydrogen) atoms. The number of benzene rings is 1. The molecule has 0 bridgehead atoms. The van der Waals surface area contributed by atoms with Crippen LogP contribution >= 0.6 is 0 Å². The van der Waals surface area contributed by atoms with Crippen molar-refractivity contribution < 1.29 is 19.4 Å². The Bertz CT molecular complexity index is 532. The third-order valence-electron chi connectivity index (χ3n) is 4.39.